The van der Waals surface area contributed by atoms with E-state index in [0.29, 0.717) is 22.1 Å². The van der Waals surface area contributed by atoms with Crippen LogP contribution in [0.1, 0.15) is 12.8 Å². The molecule has 22 heavy (non-hydrogen) atoms. The summed E-state index contributed by atoms with van der Waals surface area (Å²) in [5.74, 6) is -2.41. The quantitative estimate of drug-likeness (QED) is 0.445. The maximum absolute atomic E-state index is 10.0. The highest BCUT2D eigenvalue weighted by molar-refractivity contribution is 5.65. The minimum Gasteiger partial charge on any atom is -0.550 e. The number of carbonyl (C=O) groups excluding carboxylic acids is 2. The van der Waals surface area contributed by atoms with Gasteiger partial charge in [-0.2, -0.15) is 0 Å². The van der Waals surface area contributed by atoms with Gasteiger partial charge in [0.2, 0.25) is 0 Å². The lowest BCUT2D eigenvalue weighted by atomic mass is 10.2. The number of carbonyl (C=O) groups is 2. The van der Waals surface area contributed by atoms with Gasteiger partial charge in [-0.15, -0.1) is 0 Å². The van der Waals surface area contributed by atoms with Crippen LogP contribution in [0.2, 0.25) is 0 Å². The summed E-state index contributed by atoms with van der Waals surface area (Å²) >= 11 is 0. The second-order valence-electron chi connectivity index (χ2n) is 7.41. The Bertz CT molecular complexity index is 312. The van der Waals surface area contributed by atoms with E-state index in [1.807, 2.05) is 42.3 Å². The maximum Gasteiger partial charge on any atom is 0.108 e. The fraction of sp³-hybridized carbons (Fsp3) is 0.857. The van der Waals surface area contributed by atoms with Gasteiger partial charge in [0.05, 0.1) is 42.3 Å². The summed E-state index contributed by atoms with van der Waals surface area (Å²) in [6.45, 7) is 0.849. The molecule has 0 spiro atoms. The Balaban J connectivity index is 0. The zero-order chi connectivity index (χ0) is 18.1. The van der Waals surface area contributed by atoms with Crippen LogP contribution in [0.4, 0.5) is 0 Å². The van der Waals surface area contributed by atoms with Crippen molar-refractivity contribution < 1.29 is 39.0 Å². The highest BCUT2D eigenvalue weighted by Gasteiger charge is 2.15. The molecule has 0 unspecified atom stereocenters. The minimum atomic E-state index is -1.20. The van der Waals surface area contributed by atoms with E-state index >= 15 is 0 Å². The summed E-state index contributed by atoms with van der Waals surface area (Å²) in [7, 11) is 11.3. The van der Waals surface area contributed by atoms with Crippen molar-refractivity contribution in [1.82, 2.24) is 0 Å². The van der Waals surface area contributed by atoms with Gasteiger partial charge in [0, 0.05) is 24.8 Å². The predicted octanol–water partition coefficient (Wildman–Crippen LogP) is -3.61. The van der Waals surface area contributed by atoms with Crippen LogP contribution in [0.5, 0.6) is 0 Å². The summed E-state index contributed by atoms with van der Waals surface area (Å²) in [4.78, 5) is 20.0. The van der Waals surface area contributed by atoms with Gasteiger partial charge in [0.1, 0.15) is 25.3 Å². The van der Waals surface area contributed by atoms with Crippen LogP contribution >= 0.6 is 0 Å². The molecule has 2 atom stereocenters. The molecule has 0 bridgehead atoms. The van der Waals surface area contributed by atoms with Crippen molar-refractivity contribution in [2.75, 3.05) is 55.4 Å². The highest BCUT2D eigenvalue weighted by atomic mass is 16.4. The van der Waals surface area contributed by atoms with Crippen LogP contribution in [-0.4, -0.2) is 98.7 Å². The Morgan fingerprint density at radius 3 is 1.14 bits per heavy atom. The number of aliphatic carboxylic acids is 2. The zero-order valence-corrected chi connectivity index (χ0v) is 14.4. The van der Waals surface area contributed by atoms with Crippen LogP contribution in [-0.2, 0) is 9.59 Å². The SMILES string of the molecule is C[N+](C)(C)C[C@H](O)CC(=O)[O-].C[N+](C)(C)C[C@H](O)CC(=O)[O-]. The maximum atomic E-state index is 10.0. The molecule has 0 aliphatic rings. The number of likely N-dealkylation sites (N-methyl/N-ethyl adjacent to an activating group) is 2. The molecule has 0 aromatic carbocycles. The van der Waals surface area contributed by atoms with E-state index < -0.39 is 24.1 Å². The van der Waals surface area contributed by atoms with E-state index in [0.717, 1.165) is 0 Å². The first kappa shape index (κ1) is 23.1. The molecule has 2 N–H and O–H groups in total. The first-order chi connectivity index (χ1) is 9.62. The van der Waals surface area contributed by atoms with Crippen molar-refractivity contribution in [2.45, 2.75) is 25.0 Å². The molecule has 132 valence electrons. The second-order valence-corrected chi connectivity index (χ2v) is 7.41. The predicted molar refractivity (Wildman–Crippen MR) is 77.1 cm³/mol. The summed E-state index contributed by atoms with van der Waals surface area (Å²) in [6.07, 6.45) is -2.18. The molecule has 0 radical (unpaired) electrons. The zero-order valence-electron chi connectivity index (χ0n) is 14.4. The Hall–Kier alpha value is -1.22. The van der Waals surface area contributed by atoms with E-state index in [1.165, 1.54) is 0 Å². The average Bonchev–Trinajstić information content (AvgIpc) is 2.07. The molecule has 0 aliphatic heterocycles. The van der Waals surface area contributed by atoms with E-state index in [-0.39, 0.29) is 12.8 Å². The van der Waals surface area contributed by atoms with Crippen LogP contribution in [0.15, 0.2) is 0 Å². The molecule has 0 rings (SSSR count). The largest absolute Gasteiger partial charge is 0.550 e. The number of aliphatic hydroxyl groups excluding tert-OH is 2. The number of rotatable bonds is 8. The van der Waals surface area contributed by atoms with Crippen molar-refractivity contribution >= 4 is 11.9 Å². The Morgan fingerprint density at radius 1 is 0.773 bits per heavy atom. The van der Waals surface area contributed by atoms with Gasteiger partial charge in [-0.25, -0.2) is 0 Å². The number of carboxylic acids is 2. The van der Waals surface area contributed by atoms with Gasteiger partial charge in [-0.3, -0.25) is 0 Å². The van der Waals surface area contributed by atoms with Gasteiger partial charge >= 0.3 is 0 Å². The number of hydrogen-bond donors (Lipinski definition) is 2. The molecule has 0 saturated carbocycles. The molecular weight excluding hydrogens is 292 g/mol. The molecular formula is C14H30N2O6. The third kappa shape index (κ3) is 21.1. The first-order valence-corrected chi connectivity index (χ1v) is 6.99. The fourth-order valence-corrected chi connectivity index (χ4v) is 1.78. The molecule has 0 heterocycles. The lowest BCUT2D eigenvalue weighted by Gasteiger charge is -2.26. The molecule has 0 aromatic rings. The smallest absolute Gasteiger partial charge is 0.108 e. The molecule has 0 amide bonds. The molecule has 0 aromatic heterocycles. The standard InChI is InChI=1S/2C7H15NO3/c2*1-8(2,3)5-6(9)4-7(10)11/h2*6,9H,4-5H2,1-3H3/t2*6-/m11/s1. The summed E-state index contributed by atoms with van der Waals surface area (Å²) in [5, 5.41) is 38.3. The van der Waals surface area contributed by atoms with E-state index in [4.69, 9.17) is 10.2 Å². The van der Waals surface area contributed by atoms with Gasteiger partial charge in [0.15, 0.2) is 0 Å². The number of aliphatic hydroxyl groups is 2. The van der Waals surface area contributed by atoms with Crippen molar-refractivity contribution in [2.24, 2.45) is 0 Å². The average molecular weight is 322 g/mol. The summed E-state index contributed by atoms with van der Waals surface area (Å²) in [5.41, 5.74) is 0. The monoisotopic (exact) mass is 322 g/mol. The molecule has 0 aliphatic carbocycles. The lowest BCUT2D eigenvalue weighted by molar-refractivity contribution is -0.873. The van der Waals surface area contributed by atoms with Gasteiger partial charge < -0.3 is 39.0 Å². The van der Waals surface area contributed by atoms with E-state index in [9.17, 15) is 19.8 Å². The van der Waals surface area contributed by atoms with Gasteiger partial charge in [-0.05, 0) is 0 Å². The number of nitrogens with zero attached hydrogens (tertiary/aromatic N) is 2. The lowest BCUT2D eigenvalue weighted by Crippen LogP contribution is -2.43. The Kier molecular flexibility index (Phi) is 10.2. The number of quaternary nitrogens is 2. The minimum absolute atomic E-state index is 0.282. The summed E-state index contributed by atoms with van der Waals surface area (Å²) < 4.78 is 1.10. The van der Waals surface area contributed by atoms with Crippen molar-refractivity contribution in [3.05, 3.63) is 0 Å². The van der Waals surface area contributed by atoms with Gasteiger partial charge in [0.25, 0.3) is 0 Å². The normalized spacial score (nSPS) is 14.5. The summed E-state index contributed by atoms with van der Waals surface area (Å²) in [6, 6.07) is 0. The van der Waals surface area contributed by atoms with Crippen LogP contribution in [0.3, 0.4) is 0 Å². The van der Waals surface area contributed by atoms with E-state index in [1.54, 1.807) is 0 Å². The topological polar surface area (TPSA) is 121 Å². The van der Waals surface area contributed by atoms with Crippen LogP contribution in [0, 0.1) is 0 Å². The first-order valence-electron chi connectivity index (χ1n) is 6.99. The molecule has 8 heteroatoms. The van der Waals surface area contributed by atoms with Crippen LogP contribution < -0.4 is 10.2 Å². The van der Waals surface area contributed by atoms with Gasteiger partial charge in [-0.1, -0.05) is 0 Å². The van der Waals surface area contributed by atoms with Crippen molar-refractivity contribution in [3.63, 3.8) is 0 Å². The van der Waals surface area contributed by atoms with E-state index in [2.05, 4.69) is 0 Å². The second kappa shape index (κ2) is 9.73. The van der Waals surface area contributed by atoms with Crippen molar-refractivity contribution in [1.29, 1.82) is 0 Å². The third-order valence-corrected chi connectivity index (χ3v) is 2.32. The fourth-order valence-electron chi connectivity index (χ4n) is 1.78. The van der Waals surface area contributed by atoms with Crippen LogP contribution in [0.25, 0.3) is 0 Å². The Labute approximate surface area is 132 Å². The Morgan fingerprint density at radius 2 is 1.00 bits per heavy atom. The third-order valence-electron chi connectivity index (χ3n) is 2.32. The molecule has 0 fully saturated rings. The highest BCUT2D eigenvalue weighted by Crippen LogP contribution is 1.98. The van der Waals surface area contributed by atoms with Crippen molar-refractivity contribution in [3.8, 4) is 0 Å². The molecule has 8 nitrogen and oxygen atoms in total. The molecule has 0 saturated heterocycles. The number of hydrogen-bond acceptors (Lipinski definition) is 6. The number of carboxylic acid groups (broad SMARTS) is 2.